The van der Waals surface area contributed by atoms with Crippen molar-refractivity contribution in [2.24, 2.45) is 0 Å². The highest BCUT2D eigenvalue weighted by molar-refractivity contribution is 5.51. The van der Waals surface area contributed by atoms with Crippen LogP contribution in [0.5, 0.6) is 0 Å². The summed E-state index contributed by atoms with van der Waals surface area (Å²) in [5.74, 6) is 1.14. The summed E-state index contributed by atoms with van der Waals surface area (Å²) in [4.78, 5) is 0. The maximum Gasteiger partial charge on any atom is 0.247 e. The second kappa shape index (κ2) is 6.76. The number of hydrogen-bond acceptors (Lipinski definition) is 6. The molecule has 2 aromatic heterocycles. The average molecular weight is 284 g/mol. The maximum atomic E-state index is 5.61. The summed E-state index contributed by atoms with van der Waals surface area (Å²) in [5, 5.41) is 19.0. The van der Waals surface area contributed by atoms with E-state index in [2.05, 4.69) is 25.8 Å². The standard InChI is InChI=1S/C14H16N6O/c1-2-5-12(6-3-1)14-18-17-13(21-14)11-15-7-4-9-20-10-8-16-19-20/h1-3,5-6,8,10,15H,4,7,9,11H2. The van der Waals surface area contributed by atoms with Gasteiger partial charge in [0.05, 0.1) is 12.7 Å². The molecule has 0 saturated carbocycles. The second-order valence-electron chi connectivity index (χ2n) is 4.56. The number of aryl methyl sites for hydroxylation is 1. The first-order valence-electron chi connectivity index (χ1n) is 6.84. The lowest BCUT2D eigenvalue weighted by Crippen LogP contribution is -2.16. The fourth-order valence-corrected chi connectivity index (χ4v) is 1.94. The number of hydrogen-bond donors (Lipinski definition) is 1. The first-order chi connectivity index (χ1) is 10.4. The lowest BCUT2D eigenvalue weighted by atomic mass is 10.2. The first-order valence-corrected chi connectivity index (χ1v) is 6.84. The van der Waals surface area contributed by atoms with Crippen LogP contribution in [0.4, 0.5) is 0 Å². The van der Waals surface area contributed by atoms with Gasteiger partial charge in [0.25, 0.3) is 0 Å². The molecule has 1 N–H and O–H groups in total. The van der Waals surface area contributed by atoms with E-state index in [1.807, 2.05) is 41.2 Å². The molecule has 7 heteroatoms. The predicted molar refractivity (Wildman–Crippen MR) is 76.1 cm³/mol. The van der Waals surface area contributed by atoms with Crippen molar-refractivity contribution in [3.05, 3.63) is 48.6 Å². The molecular weight excluding hydrogens is 268 g/mol. The van der Waals surface area contributed by atoms with E-state index in [4.69, 9.17) is 4.42 Å². The Labute approximate surface area is 122 Å². The number of nitrogens with one attached hydrogen (secondary N) is 1. The van der Waals surface area contributed by atoms with Crippen LogP contribution in [0.15, 0.2) is 47.1 Å². The van der Waals surface area contributed by atoms with Crippen LogP contribution in [-0.2, 0) is 13.1 Å². The Hall–Kier alpha value is -2.54. The lowest BCUT2D eigenvalue weighted by Gasteiger charge is -2.01. The largest absolute Gasteiger partial charge is 0.419 e. The molecule has 0 unspecified atom stereocenters. The Morgan fingerprint density at radius 3 is 2.86 bits per heavy atom. The van der Waals surface area contributed by atoms with E-state index in [9.17, 15) is 0 Å². The fraction of sp³-hybridized carbons (Fsp3) is 0.286. The third-order valence-electron chi connectivity index (χ3n) is 2.98. The summed E-state index contributed by atoms with van der Waals surface area (Å²) in [6, 6.07) is 9.74. The number of nitrogens with zero attached hydrogens (tertiary/aromatic N) is 5. The Bertz CT molecular complexity index is 649. The van der Waals surface area contributed by atoms with E-state index in [0.29, 0.717) is 18.3 Å². The first kappa shape index (κ1) is 13.4. The van der Waals surface area contributed by atoms with Gasteiger partial charge in [-0.25, -0.2) is 0 Å². The Morgan fingerprint density at radius 1 is 1.14 bits per heavy atom. The Balaban J connectivity index is 1.43. The zero-order valence-corrected chi connectivity index (χ0v) is 11.5. The highest BCUT2D eigenvalue weighted by Gasteiger charge is 2.07. The van der Waals surface area contributed by atoms with Crippen LogP contribution in [0.2, 0.25) is 0 Å². The van der Waals surface area contributed by atoms with Crippen LogP contribution in [0.3, 0.4) is 0 Å². The third kappa shape index (κ3) is 3.73. The highest BCUT2D eigenvalue weighted by Crippen LogP contribution is 2.16. The molecule has 0 aliphatic rings. The minimum absolute atomic E-state index is 0.551. The van der Waals surface area contributed by atoms with Gasteiger partial charge in [-0.05, 0) is 25.1 Å². The molecule has 0 saturated heterocycles. The molecule has 3 rings (SSSR count). The van der Waals surface area contributed by atoms with E-state index in [-0.39, 0.29) is 0 Å². The molecule has 108 valence electrons. The van der Waals surface area contributed by atoms with Gasteiger partial charge in [-0.15, -0.1) is 15.3 Å². The number of aromatic nitrogens is 5. The van der Waals surface area contributed by atoms with Crippen molar-refractivity contribution < 1.29 is 4.42 Å². The average Bonchev–Trinajstić information content (AvgIpc) is 3.19. The van der Waals surface area contributed by atoms with Gasteiger partial charge >= 0.3 is 0 Å². The van der Waals surface area contributed by atoms with Crippen molar-refractivity contribution in [3.63, 3.8) is 0 Å². The van der Waals surface area contributed by atoms with Crippen molar-refractivity contribution in [3.8, 4) is 11.5 Å². The zero-order chi connectivity index (χ0) is 14.3. The molecule has 0 radical (unpaired) electrons. The van der Waals surface area contributed by atoms with Crippen LogP contribution >= 0.6 is 0 Å². The highest BCUT2D eigenvalue weighted by atomic mass is 16.4. The molecule has 21 heavy (non-hydrogen) atoms. The molecule has 0 fully saturated rings. The maximum absolute atomic E-state index is 5.61. The Morgan fingerprint density at radius 2 is 2.05 bits per heavy atom. The molecule has 0 aliphatic carbocycles. The summed E-state index contributed by atoms with van der Waals surface area (Å²) in [7, 11) is 0. The SMILES string of the molecule is c1ccc(-c2nnc(CNCCCn3ccnn3)o2)cc1. The molecule has 2 heterocycles. The monoisotopic (exact) mass is 284 g/mol. The molecular formula is C14H16N6O. The molecule has 3 aromatic rings. The van der Waals surface area contributed by atoms with Crippen LogP contribution < -0.4 is 5.32 Å². The summed E-state index contributed by atoms with van der Waals surface area (Å²) in [6.45, 7) is 2.26. The van der Waals surface area contributed by atoms with E-state index in [1.54, 1.807) is 6.20 Å². The normalized spacial score (nSPS) is 10.9. The van der Waals surface area contributed by atoms with Gasteiger partial charge in [0.2, 0.25) is 11.8 Å². The van der Waals surface area contributed by atoms with Gasteiger partial charge in [0.15, 0.2) is 0 Å². The van der Waals surface area contributed by atoms with Gasteiger partial charge in [0.1, 0.15) is 0 Å². The van der Waals surface area contributed by atoms with Crippen molar-refractivity contribution in [1.82, 2.24) is 30.5 Å². The van der Waals surface area contributed by atoms with Crippen molar-refractivity contribution in [2.75, 3.05) is 6.54 Å². The van der Waals surface area contributed by atoms with Gasteiger partial charge < -0.3 is 9.73 Å². The van der Waals surface area contributed by atoms with Crippen molar-refractivity contribution >= 4 is 0 Å². The topological polar surface area (TPSA) is 81.7 Å². The lowest BCUT2D eigenvalue weighted by molar-refractivity contribution is 0.464. The molecule has 7 nitrogen and oxygen atoms in total. The Kier molecular flexibility index (Phi) is 4.33. The quantitative estimate of drug-likeness (QED) is 0.662. The minimum atomic E-state index is 0.551. The molecule has 0 aliphatic heterocycles. The van der Waals surface area contributed by atoms with Gasteiger partial charge in [-0.1, -0.05) is 23.4 Å². The molecule has 0 spiro atoms. The van der Waals surface area contributed by atoms with Gasteiger partial charge in [-0.3, -0.25) is 4.68 Å². The zero-order valence-electron chi connectivity index (χ0n) is 11.5. The number of benzene rings is 1. The second-order valence-corrected chi connectivity index (χ2v) is 4.56. The van der Waals surface area contributed by atoms with E-state index >= 15 is 0 Å². The predicted octanol–water partition coefficient (Wildman–Crippen LogP) is 1.51. The van der Waals surface area contributed by atoms with Crippen LogP contribution in [0.25, 0.3) is 11.5 Å². The van der Waals surface area contributed by atoms with E-state index < -0.39 is 0 Å². The summed E-state index contributed by atoms with van der Waals surface area (Å²) in [5.41, 5.74) is 0.933. The van der Waals surface area contributed by atoms with Crippen LogP contribution in [0, 0.1) is 0 Å². The minimum Gasteiger partial charge on any atom is -0.419 e. The van der Waals surface area contributed by atoms with Crippen molar-refractivity contribution in [2.45, 2.75) is 19.5 Å². The molecule has 0 amide bonds. The summed E-state index contributed by atoms with van der Waals surface area (Å²) >= 11 is 0. The van der Waals surface area contributed by atoms with E-state index in [1.165, 1.54) is 0 Å². The third-order valence-corrected chi connectivity index (χ3v) is 2.98. The van der Waals surface area contributed by atoms with Crippen LogP contribution in [0.1, 0.15) is 12.3 Å². The summed E-state index contributed by atoms with van der Waals surface area (Å²) in [6.07, 6.45) is 4.49. The van der Waals surface area contributed by atoms with Gasteiger partial charge in [0, 0.05) is 18.3 Å². The van der Waals surface area contributed by atoms with Gasteiger partial charge in [-0.2, -0.15) is 0 Å². The van der Waals surface area contributed by atoms with Crippen molar-refractivity contribution in [1.29, 1.82) is 0 Å². The smallest absolute Gasteiger partial charge is 0.247 e. The van der Waals surface area contributed by atoms with Crippen LogP contribution in [-0.4, -0.2) is 31.7 Å². The van der Waals surface area contributed by atoms with E-state index in [0.717, 1.165) is 25.1 Å². The molecule has 1 aromatic carbocycles. The number of rotatable bonds is 7. The summed E-state index contributed by atoms with van der Waals surface area (Å²) < 4.78 is 7.42. The fourth-order valence-electron chi connectivity index (χ4n) is 1.94. The molecule has 0 bridgehead atoms. The molecule has 0 atom stereocenters.